The molecule has 2 aromatic heterocycles. The number of halogens is 1. The zero-order valence-electron chi connectivity index (χ0n) is 18.8. The molecule has 5 aromatic rings. The molecular weight excluding hydrogens is 458 g/mol. The van der Waals surface area contributed by atoms with Gasteiger partial charge in [-0.1, -0.05) is 35.9 Å². The topological polar surface area (TPSA) is 71.8 Å². The Morgan fingerprint density at radius 2 is 1.83 bits per heavy atom. The van der Waals surface area contributed by atoms with E-state index in [4.69, 9.17) is 11.6 Å². The standard InChI is InChI=1S/C28H20ClN5O/c1-34-14-13-31-27(34)18-6-9-21(10-7-18)32-26(19-5-4-17-3-2-12-30-23(17)15-19)25-22-11-8-20(29)16-24(22)33-28(25)35/h2-16,32H,1H3,(H,33,35). The highest BCUT2D eigenvalue weighted by molar-refractivity contribution is 6.38. The minimum absolute atomic E-state index is 0.185. The smallest absolute Gasteiger partial charge is 0.258 e. The normalized spacial score (nSPS) is 14.1. The Labute approximate surface area is 206 Å². The summed E-state index contributed by atoms with van der Waals surface area (Å²) < 4.78 is 1.98. The summed E-state index contributed by atoms with van der Waals surface area (Å²) in [5.74, 6) is 0.701. The van der Waals surface area contributed by atoms with E-state index >= 15 is 0 Å². The molecule has 0 aliphatic carbocycles. The van der Waals surface area contributed by atoms with Gasteiger partial charge in [-0.2, -0.15) is 0 Å². The molecule has 0 saturated carbocycles. The molecule has 0 radical (unpaired) electrons. The molecular formula is C28H20ClN5O. The highest BCUT2D eigenvalue weighted by Gasteiger charge is 2.28. The number of hydrogen-bond donors (Lipinski definition) is 2. The fourth-order valence-corrected chi connectivity index (χ4v) is 4.56. The van der Waals surface area contributed by atoms with Crippen molar-refractivity contribution in [1.29, 1.82) is 0 Å². The summed E-state index contributed by atoms with van der Waals surface area (Å²) in [7, 11) is 1.97. The quantitative estimate of drug-likeness (QED) is 0.301. The highest BCUT2D eigenvalue weighted by Crippen LogP contribution is 2.39. The van der Waals surface area contributed by atoms with Gasteiger partial charge in [0.05, 0.1) is 22.5 Å². The molecule has 6 rings (SSSR count). The zero-order chi connectivity index (χ0) is 23.9. The largest absolute Gasteiger partial charge is 0.354 e. The van der Waals surface area contributed by atoms with E-state index in [0.717, 1.165) is 39.1 Å². The van der Waals surface area contributed by atoms with Crippen LogP contribution in [0.5, 0.6) is 0 Å². The second kappa shape index (κ2) is 8.42. The molecule has 35 heavy (non-hydrogen) atoms. The van der Waals surface area contributed by atoms with Crippen LogP contribution < -0.4 is 10.6 Å². The van der Waals surface area contributed by atoms with Crippen LogP contribution in [0, 0.1) is 0 Å². The van der Waals surface area contributed by atoms with Gasteiger partial charge < -0.3 is 15.2 Å². The molecule has 0 atom stereocenters. The molecule has 0 unspecified atom stereocenters. The van der Waals surface area contributed by atoms with Gasteiger partial charge in [0.1, 0.15) is 5.82 Å². The summed E-state index contributed by atoms with van der Waals surface area (Å²) in [6.45, 7) is 0. The van der Waals surface area contributed by atoms with Crippen molar-refractivity contribution in [3.8, 4) is 11.4 Å². The van der Waals surface area contributed by atoms with Gasteiger partial charge in [0.2, 0.25) is 0 Å². The van der Waals surface area contributed by atoms with Crippen molar-refractivity contribution >= 4 is 51.1 Å². The molecule has 0 spiro atoms. The van der Waals surface area contributed by atoms with Crippen LogP contribution in [0.3, 0.4) is 0 Å². The molecule has 0 fully saturated rings. The summed E-state index contributed by atoms with van der Waals surface area (Å²) in [6.07, 6.45) is 5.46. The number of hydrogen-bond acceptors (Lipinski definition) is 4. The number of nitrogens with zero attached hydrogens (tertiary/aromatic N) is 3. The fraction of sp³-hybridized carbons (Fsp3) is 0.0357. The lowest BCUT2D eigenvalue weighted by atomic mass is 9.99. The summed E-state index contributed by atoms with van der Waals surface area (Å²) in [5, 5.41) is 8.05. The van der Waals surface area contributed by atoms with Crippen LogP contribution >= 0.6 is 11.6 Å². The van der Waals surface area contributed by atoms with Crippen LogP contribution in [-0.2, 0) is 11.8 Å². The second-order valence-corrected chi connectivity index (χ2v) is 8.81. The molecule has 3 aromatic carbocycles. The predicted molar refractivity (Wildman–Crippen MR) is 141 cm³/mol. The third-order valence-corrected chi connectivity index (χ3v) is 6.34. The monoisotopic (exact) mass is 477 g/mol. The Kier molecular flexibility index (Phi) is 5.08. The summed E-state index contributed by atoms with van der Waals surface area (Å²) in [5.41, 5.74) is 6.31. The van der Waals surface area contributed by atoms with Gasteiger partial charge >= 0.3 is 0 Å². The van der Waals surface area contributed by atoms with Gasteiger partial charge in [-0.15, -0.1) is 0 Å². The van der Waals surface area contributed by atoms with E-state index in [9.17, 15) is 4.79 Å². The lowest BCUT2D eigenvalue weighted by Crippen LogP contribution is -2.10. The molecule has 3 heterocycles. The van der Waals surface area contributed by atoms with E-state index in [0.29, 0.717) is 22.0 Å². The van der Waals surface area contributed by atoms with Gasteiger partial charge in [-0.05, 0) is 48.5 Å². The van der Waals surface area contributed by atoms with Crippen LogP contribution in [0.2, 0.25) is 5.02 Å². The van der Waals surface area contributed by atoms with Gasteiger partial charge in [-0.25, -0.2) is 4.98 Å². The van der Waals surface area contributed by atoms with Crippen LogP contribution in [-0.4, -0.2) is 20.4 Å². The van der Waals surface area contributed by atoms with Crippen molar-refractivity contribution in [2.45, 2.75) is 0 Å². The van der Waals surface area contributed by atoms with Crippen LogP contribution in [0.4, 0.5) is 11.4 Å². The van der Waals surface area contributed by atoms with Crippen LogP contribution in [0.25, 0.3) is 33.6 Å². The Morgan fingerprint density at radius 1 is 0.971 bits per heavy atom. The van der Waals surface area contributed by atoms with Crippen molar-refractivity contribution in [3.05, 3.63) is 108 Å². The molecule has 7 heteroatoms. The molecule has 1 aliphatic rings. The average molecular weight is 478 g/mol. The minimum atomic E-state index is -0.185. The first kappa shape index (κ1) is 21.1. The number of pyridine rings is 1. The second-order valence-electron chi connectivity index (χ2n) is 8.37. The number of carbonyl (C=O) groups excluding carboxylic acids is 1. The molecule has 1 amide bonds. The molecule has 170 valence electrons. The maximum atomic E-state index is 13.2. The van der Waals surface area contributed by atoms with Gasteiger partial charge in [0.25, 0.3) is 5.91 Å². The van der Waals surface area contributed by atoms with Gasteiger partial charge in [-0.3, -0.25) is 9.78 Å². The van der Waals surface area contributed by atoms with E-state index in [1.54, 1.807) is 24.5 Å². The Bertz CT molecular complexity index is 1640. The first-order chi connectivity index (χ1) is 17.1. The van der Waals surface area contributed by atoms with E-state index in [1.165, 1.54) is 0 Å². The number of amides is 1. The number of fused-ring (bicyclic) bond motifs is 2. The summed E-state index contributed by atoms with van der Waals surface area (Å²) in [6, 6.07) is 23.4. The number of benzene rings is 3. The first-order valence-corrected chi connectivity index (χ1v) is 11.5. The Balaban J connectivity index is 1.48. The Hall–Kier alpha value is -4.42. The van der Waals surface area contributed by atoms with Crippen molar-refractivity contribution < 1.29 is 4.79 Å². The Morgan fingerprint density at radius 3 is 2.63 bits per heavy atom. The van der Waals surface area contributed by atoms with Crippen molar-refractivity contribution in [2.75, 3.05) is 10.6 Å². The molecule has 1 aliphatic heterocycles. The van der Waals surface area contributed by atoms with Crippen LogP contribution in [0.1, 0.15) is 11.1 Å². The van der Waals surface area contributed by atoms with Gasteiger partial charge in [0.15, 0.2) is 0 Å². The van der Waals surface area contributed by atoms with Crippen molar-refractivity contribution in [2.24, 2.45) is 7.05 Å². The van der Waals surface area contributed by atoms with E-state index < -0.39 is 0 Å². The fourth-order valence-electron chi connectivity index (χ4n) is 4.38. The molecule has 2 N–H and O–H groups in total. The summed E-state index contributed by atoms with van der Waals surface area (Å²) in [4.78, 5) is 22.1. The maximum absolute atomic E-state index is 13.2. The SMILES string of the molecule is Cn1ccnc1-c1ccc(NC(=C2C(=O)Nc3cc(Cl)ccc32)c2ccc3cccnc3c2)cc1. The highest BCUT2D eigenvalue weighted by atomic mass is 35.5. The number of carbonyl (C=O) groups is 1. The number of nitrogens with one attached hydrogen (secondary N) is 2. The maximum Gasteiger partial charge on any atom is 0.258 e. The number of imidazole rings is 1. The number of aryl methyl sites for hydroxylation is 1. The number of aromatic nitrogens is 3. The van der Waals surface area contributed by atoms with Crippen molar-refractivity contribution in [1.82, 2.24) is 14.5 Å². The molecule has 6 nitrogen and oxygen atoms in total. The van der Waals surface area contributed by atoms with Crippen LogP contribution in [0.15, 0.2) is 91.4 Å². The molecule has 0 bridgehead atoms. The van der Waals surface area contributed by atoms with E-state index in [2.05, 4.69) is 20.6 Å². The predicted octanol–water partition coefficient (Wildman–Crippen LogP) is 6.22. The lowest BCUT2D eigenvalue weighted by Gasteiger charge is -2.16. The van der Waals surface area contributed by atoms with Gasteiger partial charge in [0, 0.05) is 58.4 Å². The third-order valence-electron chi connectivity index (χ3n) is 6.10. The summed E-state index contributed by atoms with van der Waals surface area (Å²) >= 11 is 6.18. The number of rotatable bonds is 4. The minimum Gasteiger partial charge on any atom is -0.354 e. The average Bonchev–Trinajstić information content (AvgIpc) is 3.44. The van der Waals surface area contributed by atoms with E-state index in [1.807, 2.05) is 78.5 Å². The third kappa shape index (κ3) is 3.84. The number of anilines is 2. The molecule has 0 saturated heterocycles. The van der Waals surface area contributed by atoms with E-state index in [-0.39, 0.29) is 5.91 Å². The first-order valence-electron chi connectivity index (χ1n) is 11.1. The van der Waals surface area contributed by atoms with Crippen molar-refractivity contribution in [3.63, 3.8) is 0 Å². The zero-order valence-corrected chi connectivity index (χ0v) is 19.5. The lowest BCUT2D eigenvalue weighted by molar-refractivity contribution is -0.110.